The third-order valence-corrected chi connectivity index (χ3v) is 2.19. The van der Waals surface area contributed by atoms with E-state index in [9.17, 15) is 0 Å². The van der Waals surface area contributed by atoms with Crippen molar-refractivity contribution in [3.05, 3.63) is 16.0 Å². The SMILES string of the molecule is Ic1cnn(CC2OCCO2)c1. The quantitative estimate of drug-likeness (QED) is 0.754. The number of aromatic nitrogens is 2. The van der Waals surface area contributed by atoms with Gasteiger partial charge in [-0.2, -0.15) is 5.10 Å². The Hall–Kier alpha value is -0.140. The molecule has 5 heteroatoms. The molecule has 0 bridgehead atoms. The van der Waals surface area contributed by atoms with Crippen molar-refractivity contribution in [2.45, 2.75) is 12.8 Å². The van der Waals surface area contributed by atoms with Gasteiger partial charge >= 0.3 is 0 Å². The summed E-state index contributed by atoms with van der Waals surface area (Å²) in [5, 5.41) is 4.13. The Morgan fingerprint density at radius 3 is 2.92 bits per heavy atom. The minimum absolute atomic E-state index is 0.110. The Bertz CT molecular complexity index is 258. The van der Waals surface area contributed by atoms with E-state index in [-0.39, 0.29) is 6.29 Å². The molecule has 2 rings (SSSR count). The smallest absolute Gasteiger partial charge is 0.177 e. The van der Waals surface area contributed by atoms with Crippen molar-refractivity contribution in [3.8, 4) is 0 Å². The highest BCUT2D eigenvalue weighted by Crippen LogP contribution is 2.07. The summed E-state index contributed by atoms with van der Waals surface area (Å²) in [7, 11) is 0. The molecule has 4 nitrogen and oxygen atoms in total. The predicted octanol–water partition coefficient (Wildman–Crippen LogP) is 0.861. The van der Waals surface area contributed by atoms with Crippen LogP contribution in [0.5, 0.6) is 0 Å². The molecular formula is C7H9IN2O2. The molecule has 1 aliphatic heterocycles. The normalized spacial score (nSPS) is 18.8. The van der Waals surface area contributed by atoms with Crippen molar-refractivity contribution < 1.29 is 9.47 Å². The summed E-state index contributed by atoms with van der Waals surface area (Å²) in [5.41, 5.74) is 0. The second kappa shape index (κ2) is 3.71. The highest BCUT2D eigenvalue weighted by Gasteiger charge is 2.16. The maximum absolute atomic E-state index is 5.28. The van der Waals surface area contributed by atoms with Crippen LogP contribution in [0.15, 0.2) is 12.4 Å². The first-order valence-corrected chi connectivity index (χ1v) is 4.83. The Balaban J connectivity index is 1.94. The van der Waals surface area contributed by atoms with E-state index in [0.717, 1.165) is 3.57 Å². The van der Waals surface area contributed by atoms with Gasteiger partial charge in [-0.3, -0.25) is 4.68 Å². The van der Waals surface area contributed by atoms with E-state index in [1.54, 1.807) is 0 Å². The average Bonchev–Trinajstić information content (AvgIpc) is 2.63. The Morgan fingerprint density at radius 1 is 1.58 bits per heavy atom. The molecule has 1 saturated heterocycles. The molecule has 2 heterocycles. The Kier molecular flexibility index (Phi) is 2.62. The second-order valence-corrected chi connectivity index (χ2v) is 3.80. The molecule has 1 aliphatic rings. The van der Waals surface area contributed by atoms with Crippen molar-refractivity contribution in [2.24, 2.45) is 0 Å². The molecule has 0 N–H and O–H groups in total. The molecule has 0 spiro atoms. The van der Waals surface area contributed by atoms with Crippen LogP contribution in [0.25, 0.3) is 0 Å². The van der Waals surface area contributed by atoms with Gasteiger partial charge in [0.25, 0.3) is 0 Å². The van der Waals surface area contributed by atoms with Crippen LogP contribution in [0.2, 0.25) is 0 Å². The average molecular weight is 280 g/mol. The van der Waals surface area contributed by atoms with Gasteiger partial charge in [0.2, 0.25) is 0 Å². The number of hydrogen-bond acceptors (Lipinski definition) is 3. The van der Waals surface area contributed by atoms with E-state index in [2.05, 4.69) is 27.7 Å². The Labute approximate surface area is 84.0 Å². The molecular weight excluding hydrogens is 271 g/mol. The molecule has 1 fully saturated rings. The molecule has 0 aromatic carbocycles. The van der Waals surface area contributed by atoms with Gasteiger partial charge in [0.15, 0.2) is 6.29 Å². The first-order chi connectivity index (χ1) is 5.84. The van der Waals surface area contributed by atoms with Crippen molar-refractivity contribution in [1.29, 1.82) is 0 Å². The maximum atomic E-state index is 5.28. The zero-order valence-electron chi connectivity index (χ0n) is 6.44. The Morgan fingerprint density at radius 2 is 2.33 bits per heavy atom. The minimum Gasteiger partial charge on any atom is -0.348 e. The van der Waals surface area contributed by atoms with Gasteiger partial charge in [0.1, 0.15) is 0 Å². The summed E-state index contributed by atoms with van der Waals surface area (Å²) >= 11 is 2.22. The van der Waals surface area contributed by atoms with E-state index < -0.39 is 0 Å². The standard InChI is InChI=1S/C7H9IN2O2/c8-6-3-9-10(4-6)5-7-11-1-2-12-7/h3-4,7H,1-2,5H2. The molecule has 0 aliphatic carbocycles. The van der Waals surface area contributed by atoms with Crippen LogP contribution in [0.3, 0.4) is 0 Å². The monoisotopic (exact) mass is 280 g/mol. The first kappa shape index (κ1) is 8.46. The van der Waals surface area contributed by atoms with Crippen molar-refractivity contribution in [2.75, 3.05) is 13.2 Å². The van der Waals surface area contributed by atoms with Gasteiger partial charge in [0.05, 0.1) is 29.5 Å². The highest BCUT2D eigenvalue weighted by atomic mass is 127. The molecule has 12 heavy (non-hydrogen) atoms. The fourth-order valence-electron chi connectivity index (χ4n) is 1.10. The zero-order chi connectivity index (χ0) is 8.39. The van der Waals surface area contributed by atoms with Crippen LogP contribution in [0.1, 0.15) is 0 Å². The zero-order valence-corrected chi connectivity index (χ0v) is 8.60. The lowest BCUT2D eigenvalue weighted by Gasteiger charge is -2.07. The number of ether oxygens (including phenoxy) is 2. The third kappa shape index (κ3) is 1.96. The number of halogens is 1. The van der Waals surface area contributed by atoms with Crippen LogP contribution in [-0.2, 0) is 16.0 Å². The first-order valence-electron chi connectivity index (χ1n) is 3.76. The van der Waals surface area contributed by atoms with Crippen LogP contribution >= 0.6 is 22.6 Å². The summed E-state index contributed by atoms with van der Waals surface area (Å²) in [4.78, 5) is 0. The van der Waals surface area contributed by atoms with E-state index in [1.807, 2.05) is 17.1 Å². The molecule has 0 saturated carbocycles. The number of rotatable bonds is 2. The van der Waals surface area contributed by atoms with Crippen LogP contribution in [-0.4, -0.2) is 29.3 Å². The molecule has 0 unspecified atom stereocenters. The molecule has 66 valence electrons. The lowest BCUT2D eigenvalue weighted by molar-refractivity contribution is -0.0545. The third-order valence-electron chi connectivity index (χ3n) is 1.63. The molecule has 1 aromatic heterocycles. The van der Waals surface area contributed by atoms with E-state index in [4.69, 9.17) is 9.47 Å². The fourth-order valence-corrected chi connectivity index (χ4v) is 1.55. The minimum atomic E-state index is -0.110. The van der Waals surface area contributed by atoms with Crippen LogP contribution < -0.4 is 0 Å². The maximum Gasteiger partial charge on any atom is 0.177 e. The van der Waals surface area contributed by atoms with Crippen molar-refractivity contribution in [3.63, 3.8) is 0 Å². The second-order valence-electron chi connectivity index (χ2n) is 2.55. The lowest BCUT2D eigenvalue weighted by Crippen LogP contribution is -2.16. The van der Waals surface area contributed by atoms with Gasteiger partial charge in [-0.1, -0.05) is 0 Å². The van der Waals surface area contributed by atoms with Crippen LogP contribution in [0, 0.1) is 3.57 Å². The summed E-state index contributed by atoms with van der Waals surface area (Å²) in [6, 6.07) is 0. The van der Waals surface area contributed by atoms with Crippen molar-refractivity contribution in [1.82, 2.24) is 9.78 Å². The number of nitrogens with zero attached hydrogens (tertiary/aromatic N) is 2. The van der Waals surface area contributed by atoms with Gasteiger partial charge in [-0.05, 0) is 22.6 Å². The van der Waals surface area contributed by atoms with E-state index >= 15 is 0 Å². The summed E-state index contributed by atoms with van der Waals surface area (Å²) < 4.78 is 13.5. The van der Waals surface area contributed by atoms with Crippen LogP contribution in [0.4, 0.5) is 0 Å². The van der Waals surface area contributed by atoms with E-state index in [0.29, 0.717) is 19.8 Å². The summed E-state index contributed by atoms with van der Waals surface area (Å²) in [6.45, 7) is 2.08. The summed E-state index contributed by atoms with van der Waals surface area (Å²) in [6.07, 6.45) is 3.67. The molecule has 0 radical (unpaired) electrons. The predicted molar refractivity (Wildman–Crippen MR) is 50.6 cm³/mol. The molecule has 0 atom stereocenters. The number of hydrogen-bond donors (Lipinski definition) is 0. The highest BCUT2D eigenvalue weighted by molar-refractivity contribution is 14.1. The molecule has 0 amide bonds. The largest absolute Gasteiger partial charge is 0.348 e. The van der Waals surface area contributed by atoms with E-state index in [1.165, 1.54) is 0 Å². The van der Waals surface area contributed by atoms with Gasteiger partial charge in [0, 0.05) is 6.20 Å². The summed E-state index contributed by atoms with van der Waals surface area (Å²) in [5.74, 6) is 0. The van der Waals surface area contributed by atoms with Crippen molar-refractivity contribution >= 4 is 22.6 Å². The van der Waals surface area contributed by atoms with Gasteiger partial charge in [-0.15, -0.1) is 0 Å². The topological polar surface area (TPSA) is 36.3 Å². The van der Waals surface area contributed by atoms with Gasteiger partial charge < -0.3 is 9.47 Å². The lowest BCUT2D eigenvalue weighted by atomic mass is 10.6. The van der Waals surface area contributed by atoms with Gasteiger partial charge in [-0.25, -0.2) is 0 Å². The molecule has 1 aromatic rings. The fraction of sp³-hybridized carbons (Fsp3) is 0.571.